The summed E-state index contributed by atoms with van der Waals surface area (Å²) in [6.45, 7) is 2.31. The Labute approximate surface area is 113 Å². The van der Waals surface area contributed by atoms with Crippen molar-refractivity contribution in [2.75, 3.05) is 11.5 Å². The Bertz CT molecular complexity index is 394. The summed E-state index contributed by atoms with van der Waals surface area (Å²) in [6, 6.07) is 9.16. The quantitative estimate of drug-likeness (QED) is 0.777. The van der Waals surface area contributed by atoms with Crippen LogP contribution in [0.2, 0.25) is 0 Å². The monoisotopic (exact) mass is 264 g/mol. The maximum Gasteiger partial charge on any atom is 0.0894 e. The highest BCUT2D eigenvalue weighted by molar-refractivity contribution is 8.20. The van der Waals surface area contributed by atoms with E-state index in [0.717, 1.165) is 5.92 Å². The van der Waals surface area contributed by atoms with Gasteiger partial charge in [0.25, 0.3) is 0 Å². The summed E-state index contributed by atoms with van der Waals surface area (Å²) in [5.41, 5.74) is 3.27. The van der Waals surface area contributed by atoms with Crippen LogP contribution < -0.4 is 0 Å². The largest absolute Gasteiger partial charge is 0.138 e. The lowest BCUT2D eigenvalue weighted by molar-refractivity contribution is 0.462. The van der Waals surface area contributed by atoms with Gasteiger partial charge >= 0.3 is 0 Å². The minimum absolute atomic E-state index is 0.422. The molecular weight excluding hydrogens is 244 g/mol. The number of benzene rings is 1. The molecule has 0 nitrogen and oxygen atoms in total. The van der Waals surface area contributed by atoms with Crippen LogP contribution >= 0.6 is 23.5 Å². The van der Waals surface area contributed by atoms with Gasteiger partial charge in [-0.15, -0.1) is 23.5 Å². The first-order chi connectivity index (χ1) is 8.37. The molecule has 17 heavy (non-hydrogen) atoms. The molecule has 0 N–H and O–H groups in total. The van der Waals surface area contributed by atoms with E-state index in [1.807, 2.05) is 0 Å². The number of hydrogen-bond donors (Lipinski definition) is 0. The Morgan fingerprint density at radius 2 is 2.00 bits per heavy atom. The van der Waals surface area contributed by atoms with Gasteiger partial charge in [0.2, 0.25) is 0 Å². The van der Waals surface area contributed by atoms with Crippen molar-refractivity contribution in [3.05, 3.63) is 35.4 Å². The summed E-state index contributed by atoms with van der Waals surface area (Å²) >= 11 is 4.43. The van der Waals surface area contributed by atoms with Crippen LogP contribution in [0.25, 0.3) is 0 Å². The topological polar surface area (TPSA) is 0 Å². The van der Waals surface area contributed by atoms with Crippen LogP contribution in [-0.4, -0.2) is 11.5 Å². The van der Waals surface area contributed by atoms with E-state index in [0.29, 0.717) is 4.08 Å². The molecular formula is C15H20S2. The maximum absolute atomic E-state index is 2.38. The first-order valence-corrected chi connectivity index (χ1v) is 8.70. The molecule has 0 amide bonds. The SMILES string of the molecule is CCCCC1Cc2ccccc2C12SCCS2. The van der Waals surface area contributed by atoms with Gasteiger partial charge in [-0.1, -0.05) is 44.0 Å². The van der Waals surface area contributed by atoms with Gasteiger partial charge in [0, 0.05) is 11.5 Å². The molecule has 1 aliphatic carbocycles. The molecule has 2 heteroatoms. The maximum atomic E-state index is 2.38. The first-order valence-electron chi connectivity index (χ1n) is 6.73. The first kappa shape index (κ1) is 12.0. The molecule has 1 saturated heterocycles. The molecule has 2 aliphatic rings. The fourth-order valence-corrected chi connectivity index (χ4v) is 6.91. The van der Waals surface area contributed by atoms with Crippen LogP contribution in [0.3, 0.4) is 0 Å². The summed E-state index contributed by atoms with van der Waals surface area (Å²) in [4.78, 5) is 0. The molecule has 1 atom stereocenters. The van der Waals surface area contributed by atoms with Gasteiger partial charge in [0.1, 0.15) is 0 Å². The fraction of sp³-hybridized carbons (Fsp3) is 0.600. The number of thioether (sulfide) groups is 2. The smallest absolute Gasteiger partial charge is 0.0894 e. The highest BCUT2D eigenvalue weighted by atomic mass is 32.2. The average molecular weight is 264 g/mol. The predicted molar refractivity (Wildman–Crippen MR) is 79.8 cm³/mol. The highest BCUT2D eigenvalue weighted by Gasteiger charge is 2.49. The summed E-state index contributed by atoms with van der Waals surface area (Å²) in [6.07, 6.45) is 5.45. The lowest BCUT2D eigenvalue weighted by Crippen LogP contribution is -2.21. The van der Waals surface area contributed by atoms with Crippen LogP contribution in [0, 0.1) is 5.92 Å². The number of hydrogen-bond acceptors (Lipinski definition) is 2. The Kier molecular flexibility index (Phi) is 3.45. The van der Waals surface area contributed by atoms with Crippen molar-refractivity contribution in [2.24, 2.45) is 5.92 Å². The van der Waals surface area contributed by atoms with E-state index in [-0.39, 0.29) is 0 Å². The lowest BCUT2D eigenvalue weighted by Gasteiger charge is -2.30. The second kappa shape index (κ2) is 4.89. The molecule has 1 aromatic rings. The molecule has 1 unspecified atom stereocenters. The normalized spacial score (nSPS) is 25.4. The van der Waals surface area contributed by atoms with Crippen molar-refractivity contribution in [3.8, 4) is 0 Å². The Balaban J connectivity index is 1.93. The van der Waals surface area contributed by atoms with Gasteiger partial charge in [0.15, 0.2) is 0 Å². The Morgan fingerprint density at radius 1 is 1.24 bits per heavy atom. The van der Waals surface area contributed by atoms with E-state index < -0.39 is 0 Å². The zero-order valence-electron chi connectivity index (χ0n) is 10.4. The number of fused-ring (bicyclic) bond motifs is 2. The van der Waals surface area contributed by atoms with Crippen molar-refractivity contribution in [1.82, 2.24) is 0 Å². The minimum Gasteiger partial charge on any atom is -0.138 e. The summed E-state index contributed by atoms with van der Waals surface area (Å²) < 4.78 is 0.422. The third kappa shape index (κ3) is 1.94. The summed E-state index contributed by atoms with van der Waals surface area (Å²) in [5.74, 6) is 3.54. The van der Waals surface area contributed by atoms with E-state index in [9.17, 15) is 0 Å². The standard InChI is InChI=1S/C15H20S2/c1-2-3-7-13-11-12-6-4-5-8-14(12)15(13)16-9-10-17-15/h4-6,8,13H,2-3,7,9-11H2,1H3. The molecule has 1 heterocycles. The zero-order chi connectivity index (χ0) is 11.7. The molecule has 1 fully saturated rings. The number of rotatable bonds is 3. The van der Waals surface area contributed by atoms with E-state index in [1.165, 1.54) is 37.2 Å². The van der Waals surface area contributed by atoms with Crippen molar-refractivity contribution in [2.45, 2.75) is 36.7 Å². The Morgan fingerprint density at radius 3 is 2.76 bits per heavy atom. The number of unbranched alkanes of at least 4 members (excludes halogenated alkanes) is 1. The van der Waals surface area contributed by atoms with Gasteiger partial charge < -0.3 is 0 Å². The van der Waals surface area contributed by atoms with E-state index in [4.69, 9.17) is 0 Å². The van der Waals surface area contributed by atoms with E-state index in [2.05, 4.69) is 54.7 Å². The van der Waals surface area contributed by atoms with Gasteiger partial charge in [-0.3, -0.25) is 0 Å². The van der Waals surface area contributed by atoms with Crippen LogP contribution in [0.4, 0.5) is 0 Å². The lowest BCUT2D eigenvalue weighted by atomic mass is 9.98. The third-order valence-electron chi connectivity index (χ3n) is 4.02. The zero-order valence-corrected chi connectivity index (χ0v) is 12.1. The van der Waals surface area contributed by atoms with E-state index >= 15 is 0 Å². The van der Waals surface area contributed by atoms with Crippen LogP contribution in [-0.2, 0) is 10.5 Å². The Hall–Kier alpha value is -0.0800. The van der Waals surface area contributed by atoms with Crippen LogP contribution in [0.1, 0.15) is 37.3 Å². The molecule has 1 aromatic carbocycles. The average Bonchev–Trinajstić information content (AvgIpc) is 2.96. The van der Waals surface area contributed by atoms with E-state index in [1.54, 1.807) is 11.1 Å². The van der Waals surface area contributed by atoms with Crippen molar-refractivity contribution in [3.63, 3.8) is 0 Å². The van der Waals surface area contributed by atoms with Gasteiger partial charge in [-0.05, 0) is 29.9 Å². The molecule has 0 bridgehead atoms. The molecule has 0 saturated carbocycles. The van der Waals surface area contributed by atoms with Crippen molar-refractivity contribution < 1.29 is 0 Å². The van der Waals surface area contributed by atoms with Gasteiger partial charge in [-0.2, -0.15) is 0 Å². The summed E-state index contributed by atoms with van der Waals surface area (Å²) in [7, 11) is 0. The minimum atomic E-state index is 0.422. The van der Waals surface area contributed by atoms with Crippen molar-refractivity contribution >= 4 is 23.5 Å². The van der Waals surface area contributed by atoms with Crippen LogP contribution in [0.5, 0.6) is 0 Å². The van der Waals surface area contributed by atoms with Crippen LogP contribution in [0.15, 0.2) is 24.3 Å². The highest BCUT2D eigenvalue weighted by Crippen LogP contribution is 2.62. The molecule has 3 rings (SSSR count). The predicted octanol–water partition coefficient (Wildman–Crippen LogP) is 4.68. The molecule has 92 valence electrons. The molecule has 1 aliphatic heterocycles. The van der Waals surface area contributed by atoms with Gasteiger partial charge in [0.05, 0.1) is 4.08 Å². The third-order valence-corrected chi connectivity index (χ3v) is 7.77. The molecule has 0 radical (unpaired) electrons. The summed E-state index contributed by atoms with van der Waals surface area (Å²) in [5, 5.41) is 0. The molecule has 0 aromatic heterocycles. The molecule has 1 spiro atoms. The second-order valence-corrected chi connectivity index (χ2v) is 8.01. The second-order valence-electron chi connectivity index (χ2n) is 5.06. The van der Waals surface area contributed by atoms with Gasteiger partial charge in [-0.25, -0.2) is 0 Å². The van der Waals surface area contributed by atoms with Crippen molar-refractivity contribution in [1.29, 1.82) is 0 Å². The fourth-order valence-electron chi connectivity index (χ4n) is 3.22.